The Labute approximate surface area is 113 Å². The molecule has 2 aromatic heterocycles. The molecule has 96 valence electrons. The fourth-order valence-electron chi connectivity index (χ4n) is 1.34. The standard InChI is InChI=1S/C10H13N5OS2/c1-7(10-12-14-15-13-10)11-9(16)6-17-5-8-3-2-4-18-8/h2-4,7H,5-6H2,1H3,(H,11,16)(H,12,13,14,15). The SMILES string of the molecule is CC(NC(=O)CSCc1cccs1)c1nn[nH]n1. The van der Waals surface area contributed by atoms with Crippen LogP contribution >= 0.6 is 23.1 Å². The van der Waals surface area contributed by atoms with Crippen LogP contribution in [0.4, 0.5) is 0 Å². The molecule has 0 fully saturated rings. The van der Waals surface area contributed by atoms with Gasteiger partial charge in [-0.25, -0.2) is 0 Å². The first-order valence-electron chi connectivity index (χ1n) is 5.38. The summed E-state index contributed by atoms with van der Waals surface area (Å²) < 4.78 is 0. The molecule has 2 aromatic rings. The lowest BCUT2D eigenvalue weighted by molar-refractivity contribution is -0.119. The average Bonchev–Trinajstić information content (AvgIpc) is 3.02. The van der Waals surface area contributed by atoms with Crippen LogP contribution in [0.25, 0.3) is 0 Å². The summed E-state index contributed by atoms with van der Waals surface area (Å²) in [4.78, 5) is 12.9. The number of rotatable bonds is 6. The highest BCUT2D eigenvalue weighted by atomic mass is 32.2. The van der Waals surface area contributed by atoms with Crippen molar-refractivity contribution >= 4 is 29.0 Å². The van der Waals surface area contributed by atoms with Gasteiger partial charge in [0.2, 0.25) is 5.91 Å². The molecule has 0 saturated heterocycles. The summed E-state index contributed by atoms with van der Waals surface area (Å²) in [6, 6.07) is 3.86. The Morgan fingerprint density at radius 2 is 2.56 bits per heavy atom. The lowest BCUT2D eigenvalue weighted by Crippen LogP contribution is -2.28. The molecule has 0 bridgehead atoms. The molecular weight excluding hydrogens is 270 g/mol. The highest BCUT2D eigenvalue weighted by Crippen LogP contribution is 2.17. The number of H-pyrrole nitrogens is 1. The maximum atomic E-state index is 11.7. The van der Waals surface area contributed by atoms with Gasteiger partial charge in [-0.05, 0) is 18.4 Å². The zero-order valence-corrected chi connectivity index (χ0v) is 11.4. The summed E-state index contributed by atoms with van der Waals surface area (Å²) in [7, 11) is 0. The van der Waals surface area contributed by atoms with Crippen LogP contribution in [-0.4, -0.2) is 32.3 Å². The molecule has 0 aliphatic carbocycles. The molecule has 2 rings (SSSR count). The predicted octanol–water partition coefficient (Wildman–Crippen LogP) is 1.37. The summed E-state index contributed by atoms with van der Waals surface area (Å²) in [5.41, 5.74) is 0. The number of aromatic amines is 1. The van der Waals surface area contributed by atoms with E-state index in [2.05, 4.69) is 32.0 Å². The third kappa shape index (κ3) is 3.81. The van der Waals surface area contributed by atoms with E-state index in [0.717, 1.165) is 5.75 Å². The first-order chi connectivity index (χ1) is 8.75. The molecule has 0 saturated carbocycles. The molecule has 0 aliphatic heterocycles. The monoisotopic (exact) mass is 283 g/mol. The van der Waals surface area contributed by atoms with E-state index in [1.165, 1.54) is 4.88 Å². The highest BCUT2D eigenvalue weighted by Gasteiger charge is 2.13. The third-order valence-corrected chi connectivity index (χ3v) is 4.22. The molecule has 6 nitrogen and oxygen atoms in total. The normalized spacial score (nSPS) is 12.3. The predicted molar refractivity (Wildman–Crippen MR) is 71.2 cm³/mol. The number of nitrogens with zero attached hydrogens (tertiary/aromatic N) is 3. The lowest BCUT2D eigenvalue weighted by Gasteiger charge is -2.09. The maximum Gasteiger partial charge on any atom is 0.230 e. The highest BCUT2D eigenvalue weighted by molar-refractivity contribution is 7.99. The molecule has 0 spiro atoms. The Bertz CT molecular complexity index is 470. The van der Waals surface area contributed by atoms with Crippen molar-refractivity contribution in [2.75, 3.05) is 5.75 Å². The van der Waals surface area contributed by atoms with Crippen molar-refractivity contribution in [3.05, 3.63) is 28.2 Å². The van der Waals surface area contributed by atoms with Gasteiger partial charge in [0.05, 0.1) is 11.8 Å². The number of hydrogen-bond acceptors (Lipinski definition) is 6. The fraction of sp³-hybridized carbons (Fsp3) is 0.400. The van der Waals surface area contributed by atoms with Crippen molar-refractivity contribution < 1.29 is 4.79 Å². The zero-order chi connectivity index (χ0) is 12.8. The summed E-state index contributed by atoms with van der Waals surface area (Å²) in [5, 5.41) is 18.3. The van der Waals surface area contributed by atoms with Gasteiger partial charge >= 0.3 is 0 Å². The number of carbonyl (C=O) groups excluding carboxylic acids is 1. The molecule has 2 heterocycles. The largest absolute Gasteiger partial charge is 0.345 e. The number of carbonyl (C=O) groups is 1. The molecule has 1 atom stereocenters. The molecule has 0 radical (unpaired) electrons. The van der Waals surface area contributed by atoms with E-state index in [1.807, 2.05) is 18.4 Å². The summed E-state index contributed by atoms with van der Waals surface area (Å²) in [5.74, 6) is 1.77. The van der Waals surface area contributed by atoms with E-state index in [0.29, 0.717) is 11.6 Å². The van der Waals surface area contributed by atoms with E-state index in [4.69, 9.17) is 0 Å². The fourth-order valence-corrected chi connectivity index (χ4v) is 3.02. The van der Waals surface area contributed by atoms with Crippen LogP contribution in [-0.2, 0) is 10.5 Å². The van der Waals surface area contributed by atoms with E-state index in [-0.39, 0.29) is 11.9 Å². The van der Waals surface area contributed by atoms with E-state index in [1.54, 1.807) is 23.1 Å². The van der Waals surface area contributed by atoms with Crippen LogP contribution < -0.4 is 5.32 Å². The van der Waals surface area contributed by atoms with Crippen molar-refractivity contribution in [3.63, 3.8) is 0 Å². The number of amides is 1. The summed E-state index contributed by atoms with van der Waals surface area (Å²) in [6.45, 7) is 1.83. The van der Waals surface area contributed by atoms with Crippen molar-refractivity contribution in [2.24, 2.45) is 0 Å². The molecule has 8 heteroatoms. The third-order valence-electron chi connectivity index (χ3n) is 2.18. The maximum absolute atomic E-state index is 11.7. The van der Waals surface area contributed by atoms with Gasteiger partial charge in [-0.1, -0.05) is 11.3 Å². The van der Waals surface area contributed by atoms with E-state index in [9.17, 15) is 4.79 Å². The lowest BCUT2D eigenvalue weighted by atomic mass is 10.3. The molecule has 2 N–H and O–H groups in total. The van der Waals surface area contributed by atoms with Crippen molar-refractivity contribution in [1.82, 2.24) is 25.9 Å². The number of thioether (sulfide) groups is 1. The van der Waals surface area contributed by atoms with Gasteiger partial charge in [0.15, 0.2) is 5.82 Å². The van der Waals surface area contributed by atoms with E-state index < -0.39 is 0 Å². The zero-order valence-electron chi connectivity index (χ0n) is 9.79. The van der Waals surface area contributed by atoms with Gasteiger partial charge in [-0.2, -0.15) is 5.21 Å². The van der Waals surface area contributed by atoms with Gasteiger partial charge < -0.3 is 5.32 Å². The van der Waals surface area contributed by atoms with Crippen LogP contribution in [0.5, 0.6) is 0 Å². The Morgan fingerprint density at radius 3 is 3.22 bits per heavy atom. The van der Waals surface area contributed by atoms with Crippen LogP contribution in [0, 0.1) is 0 Å². The van der Waals surface area contributed by atoms with Gasteiger partial charge in [-0.15, -0.1) is 33.3 Å². The molecule has 18 heavy (non-hydrogen) atoms. The Kier molecular flexibility index (Phi) is 4.71. The van der Waals surface area contributed by atoms with Crippen molar-refractivity contribution in [2.45, 2.75) is 18.7 Å². The van der Waals surface area contributed by atoms with E-state index >= 15 is 0 Å². The quantitative estimate of drug-likeness (QED) is 0.836. The van der Waals surface area contributed by atoms with Crippen molar-refractivity contribution in [3.8, 4) is 0 Å². The Morgan fingerprint density at radius 1 is 1.67 bits per heavy atom. The second kappa shape index (κ2) is 6.50. The van der Waals surface area contributed by atoms with Crippen molar-refractivity contribution in [1.29, 1.82) is 0 Å². The first kappa shape index (κ1) is 13.0. The Balaban J connectivity index is 1.69. The Hall–Kier alpha value is -1.41. The minimum Gasteiger partial charge on any atom is -0.345 e. The van der Waals surface area contributed by atoms with Crippen LogP contribution in [0.2, 0.25) is 0 Å². The van der Waals surface area contributed by atoms with Gasteiger partial charge in [0.1, 0.15) is 0 Å². The summed E-state index contributed by atoms with van der Waals surface area (Å²) in [6.07, 6.45) is 0. The number of nitrogens with one attached hydrogen (secondary N) is 2. The molecular formula is C10H13N5OS2. The average molecular weight is 283 g/mol. The molecule has 1 amide bonds. The molecule has 1 unspecified atom stereocenters. The topological polar surface area (TPSA) is 83.6 Å². The van der Waals surface area contributed by atoms with Gasteiger partial charge in [0.25, 0.3) is 0 Å². The second-order valence-electron chi connectivity index (χ2n) is 3.63. The van der Waals surface area contributed by atoms with Crippen LogP contribution in [0.3, 0.4) is 0 Å². The number of aromatic nitrogens is 4. The minimum absolute atomic E-state index is 0.0196. The summed E-state index contributed by atoms with van der Waals surface area (Å²) >= 11 is 3.29. The number of hydrogen-bond donors (Lipinski definition) is 2. The van der Waals surface area contributed by atoms with Gasteiger partial charge in [0, 0.05) is 10.6 Å². The second-order valence-corrected chi connectivity index (χ2v) is 5.65. The number of tetrazole rings is 1. The minimum atomic E-state index is -0.224. The first-order valence-corrected chi connectivity index (χ1v) is 7.42. The van der Waals surface area contributed by atoms with Crippen LogP contribution in [0.15, 0.2) is 17.5 Å². The van der Waals surface area contributed by atoms with Crippen LogP contribution in [0.1, 0.15) is 23.7 Å². The molecule has 0 aromatic carbocycles. The van der Waals surface area contributed by atoms with Gasteiger partial charge in [-0.3, -0.25) is 4.79 Å². The molecule has 0 aliphatic rings. The smallest absolute Gasteiger partial charge is 0.230 e. The number of thiophene rings is 1.